The van der Waals surface area contributed by atoms with Crippen molar-refractivity contribution in [3.05, 3.63) is 24.0 Å². The van der Waals surface area contributed by atoms with E-state index in [4.69, 9.17) is 9.84 Å². The fourth-order valence-electron chi connectivity index (χ4n) is 1.70. The second-order valence-corrected chi connectivity index (χ2v) is 4.28. The molecule has 1 saturated carbocycles. The van der Waals surface area contributed by atoms with Crippen molar-refractivity contribution in [2.24, 2.45) is 5.41 Å². The number of rotatable bonds is 5. The quantitative estimate of drug-likeness (QED) is 0.826. The minimum Gasteiger partial charge on any atom is -0.495 e. The van der Waals surface area contributed by atoms with Crippen molar-refractivity contribution < 1.29 is 19.0 Å². The van der Waals surface area contributed by atoms with E-state index >= 15 is 0 Å². The molecule has 1 fully saturated rings. The molecule has 5 heteroatoms. The molecule has 0 atom stereocenters. The van der Waals surface area contributed by atoms with Gasteiger partial charge in [-0.3, -0.25) is 4.79 Å². The van der Waals surface area contributed by atoms with Crippen molar-refractivity contribution in [2.45, 2.75) is 12.8 Å². The molecule has 0 spiro atoms. The third kappa shape index (κ3) is 2.33. The molecule has 0 amide bonds. The van der Waals surface area contributed by atoms with Crippen LogP contribution in [0, 0.1) is 11.2 Å². The van der Waals surface area contributed by atoms with Gasteiger partial charge in [-0.05, 0) is 25.0 Å². The summed E-state index contributed by atoms with van der Waals surface area (Å²) in [6, 6.07) is 4.11. The van der Waals surface area contributed by atoms with Crippen LogP contribution >= 0.6 is 0 Å². The van der Waals surface area contributed by atoms with E-state index in [1.807, 2.05) is 0 Å². The van der Waals surface area contributed by atoms with E-state index in [0.29, 0.717) is 30.8 Å². The Morgan fingerprint density at radius 1 is 1.59 bits per heavy atom. The zero-order chi connectivity index (χ0) is 12.5. The van der Waals surface area contributed by atoms with Gasteiger partial charge in [-0.2, -0.15) is 0 Å². The van der Waals surface area contributed by atoms with Crippen LogP contribution in [0.5, 0.6) is 5.75 Å². The lowest BCUT2D eigenvalue weighted by Gasteiger charge is -2.14. The highest BCUT2D eigenvalue weighted by atomic mass is 19.1. The van der Waals surface area contributed by atoms with Gasteiger partial charge in [-0.25, -0.2) is 4.39 Å². The van der Waals surface area contributed by atoms with Crippen molar-refractivity contribution in [1.82, 2.24) is 0 Å². The molecule has 0 heterocycles. The number of carboxylic acids is 1. The van der Waals surface area contributed by atoms with Crippen LogP contribution < -0.4 is 10.1 Å². The minimum atomic E-state index is -0.805. The van der Waals surface area contributed by atoms with Crippen molar-refractivity contribution >= 4 is 11.7 Å². The van der Waals surface area contributed by atoms with E-state index < -0.39 is 11.4 Å². The second kappa shape index (κ2) is 4.24. The Morgan fingerprint density at radius 2 is 2.29 bits per heavy atom. The summed E-state index contributed by atoms with van der Waals surface area (Å²) >= 11 is 0. The van der Waals surface area contributed by atoms with Gasteiger partial charge in [-0.1, -0.05) is 0 Å². The van der Waals surface area contributed by atoms with Crippen molar-refractivity contribution in [3.63, 3.8) is 0 Å². The molecule has 1 aromatic carbocycles. The first-order chi connectivity index (χ1) is 8.07. The van der Waals surface area contributed by atoms with Crippen LogP contribution in [-0.2, 0) is 4.79 Å². The van der Waals surface area contributed by atoms with E-state index in [2.05, 4.69) is 5.32 Å². The molecule has 0 aliphatic heterocycles. The van der Waals surface area contributed by atoms with E-state index in [9.17, 15) is 9.18 Å². The van der Waals surface area contributed by atoms with Crippen LogP contribution in [0.4, 0.5) is 10.1 Å². The summed E-state index contributed by atoms with van der Waals surface area (Å²) in [4.78, 5) is 11.0. The molecule has 2 rings (SSSR count). The normalized spacial score (nSPS) is 16.4. The maximum absolute atomic E-state index is 13.1. The number of aliphatic carboxylic acids is 1. The van der Waals surface area contributed by atoms with Gasteiger partial charge in [0.2, 0.25) is 0 Å². The summed E-state index contributed by atoms with van der Waals surface area (Å²) in [5.41, 5.74) is -0.197. The van der Waals surface area contributed by atoms with Gasteiger partial charge < -0.3 is 15.2 Å². The van der Waals surface area contributed by atoms with Crippen molar-refractivity contribution in [2.75, 3.05) is 19.0 Å². The highest BCUT2D eigenvalue weighted by Crippen LogP contribution is 2.46. The number of hydrogen-bond acceptors (Lipinski definition) is 3. The predicted octanol–water partition coefficient (Wildman–Crippen LogP) is 2.11. The molecule has 4 nitrogen and oxygen atoms in total. The van der Waals surface area contributed by atoms with E-state index in [1.165, 1.54) is 25.3 Å². The number of benzene rings is 1. The van der Waals surface area contributed by atoms with Crippen LogP contribution in [0.3, 0.4) is 0 Å². The fourth-order valence-corrected chi connectivity index (χ4v) is 1.70. The number of methoxy groups -OCH3 is 1. The van der Waals surface area contributed by atoms with Crippen LogP contribution in [-0.4, -0.2) is 24.7 Å². The Morgan fingerprint density at radius 3 is 2.82 bits per heavy atom. The van der Waals surface area contributed by atoms with Gasteiger partial charge in [0, 0.05) is 12.6 Å². The molecule has 17 heavy (non-hydrogen) atoms. The minimum absolute atomic E-state index is 0.294. The first kappa shape index (κ1) is 11.7. The molecule has 1 aromatic rings. The summed E-state index contributed by atoms with van der Waals surface area (Å²) in [6.07, 6.45) is 1.32. The lowest BCUT2D eigenvalue weighted by molar-refractivity contribution is -0.142. The van der Waals surface area contributed by atoms with Gasteiger partial charge in [0.25, 0.3) is 0 Å². The Labute approximate surface area is 98.4 Å². The number of anilines is 1. The summed E-state index contributed by atoms with van der Waals surface area (Å²) in [5.74, 6) is -0.679. The zero-order valence-corrected chi connectivity index (χ0v) is 9.50. The SMILES string of the molecule is COc1ccc(F)cc1NCC1(C(=O)O)CC1. The number of nitrogens with one attached hydrogen (secondary N) is 1. The molecule has 0 bridgehead atoms. The number of carbonyl (C=O) groups is 1. The van der Waals surface area contributed by atoms with Crippen molar-refractivity contribution in [3.8, 4) is 5.75 Å². The largest absolute Gasteiger partial charge is 0.495 e. The fraction of sp³-hybridized carbons (Fsp3) is 0.417. The van der Waals surface area contributed by atoms with E-state index in [1.54, 1.807) is 0 Å². The zero-order valence-electron chi connectivity index (χ0n) is 9.50. The Bertz CT molecular complexity index is 443. The summed E-state index contributed by atoms with van der Waals surface area (Å²) < 4.78 is 18.1. The number of carboxylic acid groups (broad SMARTS) is 1. The number of ether oxygens (including phenoxy) is 1. The summed E-state index contributed by atoms with van der Waals surface area (Å²) in [5, 5.41) is 12.0. The lowest BCUT2D eigenvalue weighted by atomic mass is 10.1. The third-order valence-electron chi connectivity index (χ3n) is 3.09. The van der Waals surface area contributed by atoms with Gasteiger partial charge >= 0.3 is 5.97 Å². The first-order valence-electron chi connectivity index (χ1n) is 5.38. The maximum Gasteiger partial charge on any atom is 0.311 e. The molecule has 0 aromatic heterocycles. The van der Waals surface area contributed by atoms with Gasteiger partial charge in [0.1, 0.15) is 11.6 Å². The lowest BCUT2D eigenvalue weighted by Crippen LogP contribution is -2.24. The molecule has 1 aliphatic carbocycles. The molecular formula is C12H14FNO3. The molecular weight excluding hydrogens is 225 g/mol. The molecule has 92 valence electrons. The Kier molecular flexibility index (Phi) is 2.92. The number of halogens is 1. The average Bonchev–Trinajstić information content (AvgIpc) is 3.07. The van der Waals surface area contributed by atoms with Crippen molar-refractivity contribution in [1.29, 1.82) is 0 Å². The predicted molar refractivity (Wildman–Crippen MR) is 60.7 cm³/mol. The monoisotopic (exact) mass is 239 g/mol. The number of hydrogen-bond donors (Lipinski definition) is 2. The topological polar surface area (TPSA) is 58.6 Å². The molecule has 0 unspecified atom stereocenters. The second-order valence-electron chi connectivity index (χ2n) is 4.28. The van der Waals surface area contributed by atoms with Crippen LogP contribution in [0.2, 0.25) is 0 Å². The molecule has 2 N–H and O–H groups in total. The highest BCUT2D eigenvalue weighted by molar-refractivity contribution is 5.78. The van der Waals surface area contributed by atoms with Crippen LogP contribution in [0.1, 0.15) is 12.8 Å². The standard InChI is InChI=1S/C12H14FNO3/c1-17-10-3-2-8(13)6-9(10)14-7-12(4-5-12)11(15)16/h2-3,6,14H,4-5,7H2,1H3,(H,15,16). The molecule has 0 radical (unpaired) electrons. The van der Waals surface area contributed by atoms with Gasteiger partial charge in [0.15, 0.2) is 0 Å². The molecule has 1 aliphatic rings. The summed E-state index contributed by atoms with van der Waals surface area (Å²) in [6.45, 7) is 0.294. The van der Waals surface area contributed by atoms with Crippen LogP contribution in [0.15, 0.2) is 18.2 Å². The summed E-state index contributed by atoms with van der Waals surface area (Å²) in [7, 11) is 1.49. The van der Waals surface area contributed by atoms with Crippen LogP contribution in [0.25, 0.3) is 0 Å². The first-order valence-corrected chi connectivity index (χ1v) is 5.38. The van der Waals surface area contributed by atoms with Gasteiger partial charge in [-0.15, -0.1) is 0 Å². The van der Waals surface area contributed by atoms with Gasteiger partial charge in [0.05, 0.1) is 18.2 Å². The maximum atomic E-state index is 13.1. The smallest absolute Gasteiger partial charge is 0.311 e. The van der Waals surface area contributed by atoms with E-state index in [0.717, 1.165) is 0 Å². The highest BCUT2D eigenvalue weighted by Gasteiger charge is 2.50. The van der Waals surface area contributed by atoms with E-state index in [-0.39, 0.29) is 5.82 Å². The Balaban J connectivity index is 2.08. The average molecular weight is 239 g/mol. The third-order valence-corrected chi connectivity index (χ3v) is 3.09. The molecule has 0 saturated heterocycles. The Hall–Kier alpha value is -1.78.